The number of carbonyl (C=O) groups excluding carboxylic acids is 1. The second kappa shape index (κ2) is 13.1. The number of ether oxygens (including phenoxy) is 2. The topological polar surface area (TPSA) is 91.3 Å². The summed E-state index contributed by atoms with van der Waals surface area (Å²) in [5.74, 6) is 0.382. The number of halogens is 2. The standard InChI is InChI=1S/C36H45F2N5O4/c1-3-27-29(38)9-8-24-17-26(44)18-31(32(24)27)42-16-11-28-30(21-42)39-35(47-22-36-12-6-14-43(36)20-25(37)19-36)40-33(28)41-13-5-4-7-23(10-15-41)34(45)46-2/h8-9,17-18,23,25,44H,3-7,10-16,19-22H2,1-2H3/t23?,25-,36+/m1/s1. The van der Waals surface area contributed by atoms with Gasteiger partial charge in [-0.05, 0) is 74.6 Å². The molecule has 0 saturated carbocycles. The number of phenolic OH excluding ortho intramolecular Hbond substituents is 1. The summed E-state index contributed by atoms with van der Waals surface area (Å²) >= 11 is 0. The second-order valence-corrected chi connectivity index (χ2v) is 13.7. The first-order valence-corrected chi connectivity index (χ1v) is 17.2. The smallest absolute Gasteiger partial charge is 0.318 e. The van der Waals surface area contributed by atoms with Crippen molar-refractivity contribution in [1.82, 2.24) is 14.9 Å². The molecule has 11 heteroatoms. The molecule has 0 spiro atoms. The Morgan fingerprint density at radius 1 is 1.09 bits per heavy atom. The Morgan fingerprint density at radius 3 is 2.79 bits per heavy atom. The van der Waals surface area contributed by atoms with Crippen molar-refractivity contribution >= 4 is 28.2 Å². The fourth-order valence-electron chi connectivity index (χ4n) is 8.51. The van der Waals surface area contributed by atoms with E-state index in [2.05, 4.69) is 14.7 Å². The van der Waals surface area contributed by atoms with Crippen molar-refractivity contribution in [2.24, 2.45) is 5.92 Å². The molecule has 2 aromatic carbocycles. The van der Waals surface area contributed by atoms with Gasteiger partial charge in [0.25, 0.3) is 0 Å². The number of esters is 1. The molecule has 5 heterocycles. The third-order valence-corrected chi connectivity index (χ3v) is 10.9. The number of alkyl halides is 1. The normalized spacial score (nSPS) is 24.9. The van der Waals surface area contributed by atoms with E-state index in [-0.39, 0.29) is 35.0 Å². The first kappa shape index (κ1) is 31.8. The highest BCUT2D eigenvalue weighted by Crippen LogP contribution is 2.42. The van der Waals surface area contributed by atoms with Gasteiger partial charge in [-0.2, -0.15) is 9.97 Å². The summed E-state index contributed by atoms with van der Waals surface area (Å²) in [4.78, 5) is 29.1. The highest BCUT2D eigenvalue weighted by molar-refractivity contribution is 5.98. The minimum Gasteiger partial charge on any atom is -0.508 e. The lowest BCUT2D eigenvalue weighted by atomic mass is 9.95. The zero-order chi connectivity index (χ0) is 32.7. The van der Waals surface area contributed by atoms with Crippen LogP contribution in [0.5, 0.6) is 11.8 Å². The van der Waals surface area contributed by atoms with Crippen molar-refractivity contribution < 1.29 is 28.2 Å². The van der Waals surface area contributed by atoms with Crippen molar-refractivity contribution in [3.63, 3.8) is 0 Å². The Morgan fingerprint density at radius 2 is 1.96 bits per heavy atom. The van der Waals surface area contributed by atoms with Crippen molar-refractivity contribution in [2.45, 2.75) is 83.0 Å². The van der Waals surface area contributed by atoms with Crippen LogP contribution in [0.1, 0.15) is 68.7 Å². The number of anilines is 2. The molecule has 0 bridgehead atoms. The maximum Gasteiger partial charge on any atom is 0.318 e. The largest absolute Gasteiger partial charge is 0.508 e. The van der Waals surface area contributed by atoms with Crippen molar-refractivity contribution in [3.05, 3.63) is 46.9 Å². The van der Waals surface area contributed by atoms with Gasteiger partial charge in [0.2, 0.25) is 0 Å². The van der Waals surface area contributed by atoms with Gasteiger partial charge in [-0.25, -0.2) is 8.78 Å². The Bertz CT molecular complexity index is 1660. The quantitative estimate of drug-likeness (QED) is 0.323. The predicted octanol–water partition coefficient (Wildman–Crippen LogP) is 5.72. The molecular weight excluding hydrogens is 604 g/mol. The van der Waals surface area contributed by atoms with Crippen LogP contribution in [0, 0.1) is 11.7 Å². The van der Waals surface area contributed by atoms with E-state index in [1.165, 1.54) is 13.2 Å². The van der Waals surface area contributed by atoms with Crippen LogP contribution in [-0.2, 0) is 28.9 Å². The summed E-state index contributed by atoms with van der Waals surface area (Å²) in [5, 5.41) is 12.3. The van der Waals surface area contributed by atoms with Gasteiger partial charge < -0.3 is 24.4 Å². The molecule has 9 nitrogen and oxygen atoms in total. The molecule has 47 heavy (non-hydrogen) atoms. The van der Waals surface area contributed by atoms with Crippen LogP contribution in [0.25, 0.3) is 10.8 Å². The van der Waals surface area contributed by atoms with Gasteiger partial charge in [0.1, 0.15) is 30.2 Å². The van der Waals surface area contributed by atoms with Crippen LogP contribution in [0.15, 0.2) is 24.3 Å². The molecule has 252 valence electrons. The van der Waals surface area contributed by atoms with Gasteiger partial charge in [0.05, 0.1) is 30.8 Å². The number of phenols is 1. The van der Waals surface area contributed by atoms with Crippen LogP contribution in [0.4, 0.5) is 20.3 Å². The van der Waals surface area contributed by atoms with E-state index in [4.69, 9.17) is 19.4 Å². The van der Waals surface area contributed by atoms with Gasteiger partial charge in [-0.1, -0.05) is 19.4 Å². The van der Waals surface area contributed by atoms with Crippen LogP contribution in [0.3, 0.4) is 0 Å². The summed E-state index contributed by atoms with van der Waals surface area (Å²) < 4.78 is 41.1. The number of carbonyl (C=O) groups is 1. The molecule has 0 aliphatic carbocycles. The number of aryl methyl sites for hydroxylation is 1. The molecule has 3 atom stereocenters. The van der Waals surface area contributed by atoms with Crippen LogP contribution < -0.4 is 14.5 Å². The van der Waals surface area contributed by atoms with Gasteiger partial charge >= 0.3 is 12.0 Å². The molecule has 1 aromatic heterocycles. The number of fused-ring (bicyclic) bond motifs is 3. The second-order valence-electron chi connectivity index (χ2n) is 13.7. The average molecular weight is 650 g/mol. The van der Waals surface area contributed by atoms with Crippen molar-refractivity contribution in [3.8, 4) is 11.8 Å². The molecule has 4 aliphatic heterocycles. The number of benzene rings is 2. The van der Waals surface area contributed by atoms with Gasteiger partial charge in [-0.15, -0.1) is 0 Å². The van der Waals surface area contributed by atoms with Gasteiger partial charge in [-0.3, -0.25) is 9.69 Å². The van der Waals surface area contributed by atoms with Crippen LogP contribution in [0.2, 0.25) is 0 Å². The lowest BCUT2D eigenvalue weighted by Crippen LogP contribution is -2.43. The number of nitrogens with zero attached hydrogens (tertiary/aromatic N) is 5. The Kier molecular flexibility index (Phi) is 8.84. The third kappa shape index (κ3) is 6.07. The van der Waals surface area contributed by atoms with E-state index in [9.17, 15) is 14.3 Å². The molecule has 0 radical (unpaired) electrons. The van der Waals surface area contributed by atoms with E-state index in [1.54, 1.807) is 18.2 Å². The number of hydrogen-bond acceptors (Lipinski definition) is 9. The average Bonchev–Trinajstić information content (AvgIpc) is 3.58. The summed E-state index contributed by atoms with van der Waals surface area (Å²) in [6, 6.07) is 6.86. The van der Waals surface area contributed by atoms with E-state index < -0.39 is 6.17 Å². The number of hydrogen-bond donors (Lipinski definition) is 1. The molecule has 3 saturated heterocycles. The first-order valence-electron chi connectivity index (χ1n) is 17.2. The van der Waals surface area contributed by atoms with E-state index in [0.717, 1.165) is 78.7 Å². The van der Waals surface area contributed by atoms with E-state index in [0.29, 0.717) is 64.0 Å². The summed E-state index contributed by atoms with van der Waals surface area (Å²) in [6.45, 7) is 6.12. The minimum absolute atomic E-state index is 0.128. The van der Waals surface area contributed by atoms with Gasteiger partial charge in [0, 0.05) is 55.3 Å². The fourth-order valence-corrected chi connectivity index (χ4v) is 8.51. The fraction of sp³-hybridized carbons (Fsp3) is 0.583. The molecule has 3 aromatic rings. The zero-order valence-corrected chi connectivity index (χ0v) is 27.4. The highest BCUT2D eigenvalue weighted by Gasteiger charge is 2.49. The molecule has 4 aliphatic rings. The number of aromatic hydroxyl groups is 1. The molecule has 7 rings (SSSR count). The molecular formula is C36H45F2N5O4. The maximum atomic E-state index is 15.0. The van der Waals surface area contributed by atoms with Crippen LogP contribution in [-0.4, -0.2) is 84.1 Å². The zero-order valence-electron chi connectivity index (χ0n) is 27.4. The monoisotopic (exact) mass is 649 g/mol. The lowest BCUT2D eigenvalue weighted by Gasteiger charge is -2.36. The Hall–Kier alpha value is -3.73. The molecule has 1 unspecified atom stereocenters. The van der Waals surface area contributed by atoms with Crippen LogP contribution >= 0.6 is 0 Å². The number of rotatable bonds is 7. The Labute approximate surface area is 274 Å². The number of aromatic nitrogens is 2. The maximum absolute atomic E-state index is 15.0. The summed E-state index contributed by atoms with van der Waals surface area (Å²) in [6.07, 6.45) is 6.02. The summed E-state index contributed by atoms with van der Waals surface area (Å²) in [7, 11) is 1.45. The predicted molar refractivity (Wildman–Crippen MR) is 176 cm³/mol. The van der Waals surface area contributed by atoms with Crippen molar-refractivity contribution in [1.29, 1.82) is 0 Å². The van der Waals surface area contributed by atoms with Crippen molar-refractivity contribution in [2.75, 3.05) is 56.2 Å². The SMILES string of the molecule is CCc1c(F)ccc2cc(O)cc(N3CCc4c(nc(OC[C@@]56CCCN5C[C@H](F)C6)nc4N4CCCCC(C(=O)OC)CC4)C3)c12. The van der Waals surface area contributed by atoms with E-state index in [1.807, 2.05) is 6.92 Å². The lowest BCUT2D eigenvalue weighted by molar-refractivity contribution is -0.146. The molecule has 1 N–H and O–H groups in total. The van der Waals surface area contributed by atoms with E-state index >= 15 is 4.39 Å². The Balaban J connectivity index is 1.25. The molecule has 0 amide bonds. The van der Waals surface area contributed by atoms with Gasteiger partial charge in [0.15, 0.2) is 0 Å². The first-order chi connectivity index (χ1) is 22.8. The minimum atomic E-state index is -0.855. The molecule has 3 fully saturated rings. The number of methoxy groups -OCH3 is 1. The summed E-state index contributed by atoms with van der Waals surface area (Å²) in [5.41, 5.74) is 2.93. The highest BCUT2D eigenvalue weighted by atomic mass is 19.1. The third-order valence-electron chi connectivity index (χ3n) is 10.9.